The Kier molecular flexibility index (Phi) is 6.95. The monoisotopic (exact) mass is 524 g/mol. The van der Waals surface area contributed by atoms with Crippen LogP contribution >= 0.6 is 23.2 Å². The van der Waals surface area contributed by atoms with Gasteiger partial charge in [0.25, 0.3) is 5.91 Å². The molecule has 0 aliphatic heterocycles. The quantitative estimate of drug-likeness (QED) is 0.294. The molecule has 1 N–H and O–H groups in total. The second-order valence-corrected chi connectivity index (χ2v) is 7.95. The summed E-state index contributed by atoms with van der Waals surface area (Å²) in [4.78, 5) is 20.7. The molecule has 4 rings (SSSR count). The van der Waals surface area contributed by atoms with Crippen molar-refractivity contribution in [3.8, 4) is 17.3 Å². The molecule has 1 aromatic carbocycles. The smallest absolute Gasteiger partial charge is 0.417 e. The number of benzene rings is 1. The maximum atomic E-state index is 13.3. The molecule has 0 radical (unpaired) electrons. The molecular weight excluding hydrogens is 511 g/mol. The minimum absolute atomic E-state index is 0.0182. The third-order valence-corrected chi connectivity index (χ3v) is 5.28. The zero-order chi connectivity index (χ0) is 25.2. The first kappa shape index (κ1) is 24.5. The number of pyridine rings is 2. The van der Waals surface area contributed by atoms with Gasteiger partial charge in [0.1, 0.15) is 23.0 Å². The minimum Gasteiger partial charge on any atom is -0.456 e. The van der Waals surface area contributed by atoms with Crippen molar-refractivity contribution in [1.82, 2.24) is 19.9 Å². The van der Waals surface area contributed by atoms with E-state index >= 15 is 0 Å². The van der Waals surface area contributed by atoms with Gasteiger partial charge in [0.05, 0.1) is 34.0 Å². The molecule has 0 aliphatic carbocycles. The number of hydrogen-bond acceptors (Lipinski definition) is 4. The highest BCUT2D eigenvalue weighted by atomic mass is 35.5. The number of nitrogens with zero attached hydrogens (tertiary/aromatic N) is 3. The van der Waals surface area contributed by atoms with Gasteiger partial charge in [-0.1, -0.05) is 23.2 Å². The summed E-state index contributed by atoms with van der Waals surface area (Å²) in [7, 11) is 0. The molecule has 0 saturated carbocycles. The Morgan fingerprint density at radius 2 is 1.77 bits per heavy atom. The van der Waals surface area contributed by atoms with Crippen LogP contribution in [0.25, 0.3) is 5.82 Å². The van der Waals surface area contributed by atoms with Crippen LogP contribution < -0.4 is 10.1 Å². The Balaban J connectivity index is 1.42. The zero-order valence-electron chi connectivity index (χ0n) is 17.5. The summed E-state index contributed by atoms with van der Waals surface area (Å²) in [6.45, 7) is 0.0564. The summed E-state index contributed by atoms with van der Waals surface area (Å²) in [6, 6.07) is 10.9. The standard InChI is InChI=1S/C23H14Cl2F4N4O2/c24-17-9-15(5-6-19(17)26)35-16-4-3-14(30-12-16)11-32-22(34)20-2-1-7-33(20)21-18(25)8-13(10-31-21)23(27,28)29/h1-10,12H,11H2,(H,32,34). The number of nitrogens with one attached hydrogen (secondary N) is 1. The van der Waals surface area contributed by atoms with E-state index in [1.54, 1.807) is 12.1 Å². The van der Waals surface area contributed by atoms with E-state index in [0.717, 1.165) is 6.07 Å². The van der Waals surface area contributed by atoms with Crippen molar-refractivity contribution in [2.45, 2.75) is 12.7 Å². The van der Waals surface area contributed by atoms with E-state index in [1.807, 2.05) is 0 Å². The van der Waals surface area contributed by atoms with Gasteiger partial charge in [-0.2, -0.15) is 13.2 Å². The van der Waals surface area contributed by atoms with Gasteiger partial charge in [0, 0.05) is 18.5 Å². The van der Waals surface area contributed by atoms with Crippen molar-refractivity contribution >= 4 is 29.1 Å². The first-order chi connectivity index (χ1) is 16.6. The van der Waals surface area contributed by atoms with Crippen LogP contribution in [-0.2, 0) is 12.7 Å². The van der Waals surface area contributed by atoms with Gasteiger partial charge in [-0.15, -0.1) is 0 Å². The molecule has 0 saturated heterocycles. The first-order valence-electron chi connectivity index (χ1n) is 9.88. The lowest BCUT2D eigenvalue weighted by atomic mass is 10.2. The molecule has 3 aromatic heterocycles. The minimum atomic E-state index is -4.59. The average Bonchev–Trinajstić information content (AvgIpc) is 3.30. The van der Waals surface area contributed by atoms with E-state index in [-0.39, 0.29) is 28.1 Å². The van der Waals surface area contributed by atoms with E-state index < -0.39 is 23.5 Å². The lowest BCUT2D eigenvalue weighted by Crippen LogP contribution is -2.25. The molecule has 0 unspecified atom stereocenters. The second kappa shape index (κ2) is 9.93. The number of aromatic nitrogens is 3. The van der Waals surface area contributed by atoms with Crippen molar-refractivity contribution in [2.24, 2.45) is 0 Å². The summed E-state index contributed by atoms with van der Waals surface area (Å²) in [5.41, 5.74) is -0.371. The predicted molar refractivity (Wildman–Crippen MR) is 120 cm³/mol. The van der Waals surface area contributed by atoms with E-state index in [0.29, 0.717) is 23.4 Å². The average molecular weight is 525 g/mol. The highest BCUT2D eigenvalue weighted by molar-refractivity contribution is 6.32. The fourth-order valence-corrected chi connectivity index (χ4v) is 3.46. The summed E-state index contributed by atoms with van der Waals surface area (Å²) >= 11 is 11.7. The van der Waals surface area contributed by atoms with Crippen molar-refractivity contribution in [3.05, 3.63) is 99.9 Å². The zero-order valence-corrected chi connectivity index (χ0v) is 19.0. The lowest BCUT2D eigenvalue weighted by molar-refractivity contribution is -0.137. The molecule has 1 amide bonds. The number of ether oxygens (including phenoxy) is 1. The Bertz CT molecular complexity index is 1370. The molecule has 0 spiro atoms. The second-order valence-electron chi connectivity index (χ2n) is 7.14. The van der Waals surface area contributed by atoms with Gasteiger partial charge in [-0.3, -0.25) is 14.3 Å². The van der Waals surface area contributed by atoms with Crippen LogP contribution in [0.1, 0.15) is 21.7 Å². The maximum absolute atomic E-state index is 13.3. The summed E-state index contributed by atoms with van der Waals surface area (Å²) in [5.74, 6) is -0.396. The maximum Gasteiger partial charge on any atom is 0.417 e. The molecular formula is C23H14Cl2F4N4O2. The Morgan fingerprint density at radius 3 is 2.43 bits per heavy atom. The molecule has 6 nitrogen and oxygen atoms in total. The van der Waals surface area contributed by atoms with Crippen LogP contribution in [0.2, 0.25) is 10.0 Å². The Hall–Kier alpha value is -3.63. The Morgan fingerprint density at radius 1 is 1.00 bits per heavy atom. The van der Waals surface area contributed by atoms with E-state index in [1.165, 1.54) is 47.3 Å². The fourth-order valence-electron chi connectivity index (χ4n) is 3.03. The largest absolute Gasteiger partial charge is 0.456 e. The summed E-state index contributed by atoms with van der Waals surface area (Å²) in [6.07, 6.45) is -1.06. The highest BCUT2D eigenvalue weighted by Gasteiger charge is 2.32. The molecule has 3 heterocycles. The van der Waals surface area contributed by atoms with Gasteiger partial charge >= 0.3 is 6.18 Å². The van der Waals surface area contributed by atoms with E-state index in [4.69, 9.17) is 27.9 Å². The third-order valence-electron chi connectivity index (χ3n) is 4.71. The molecule has 180 valence electrons. The van der Waals surface area contributed by atoms with Gasteiger partial charge in [0.15, 0.2) is 5.82 Å². The van der Waals surface area contributed by atoms with Crippen molar-refractivity contribution in [1.29, 1.82) is 0 Å². The lowest BCUT2D eigenvalue weighted by Gasteiger charge is -2.12. The molecule has 0 fully saturated rings. The van der Waals surface area contributed by atoms with Gasteiger partial charge in [-0.05, 0) is 42.5 Å². The number of halogens is 6. The van der Waals surface area contributed by atoms with Gasteiger partial charge < -0.3 is 10.1 Å². The SMILES string of the molecule is O=C(NCc1ccc(Oc2ccc(F)c(Cl)c2)cn1)c1cccn1-c1ncc(C(F)(F)F)cc1Cl. The number of alkyl halides is 3. The fraction of sp³-hybridized carbons (Fsp3) is 0.0870. The molecule has 0 atom stereocenters. The van der Waals surface area contributed by atoms with Crippen molar-refractivity contribution < 1.29 is 27.1 Å². The normalized spacial score (nSPS) is 11.4. The number of hydrogen-bond donors (Lipinski definition) is 1. The van der Waals surface area contributed by atoms with Crippen LogP contribution in [0.3, 0.4) is 0 Å². The van der Waals surface area contributed by atoms with Crippen molar-refractivity contribution in [3.63, 3.8) is 0 Å². The van der Waals surface area contributed by atoms with Crippen LogP contribution in [0.5, 0.6) is 11.5 Å². The van der Waals surface area contributed by atoms with E-state index in [2.05, 4.69) is 15.3 Å². The van der Waals surface area contributed by atoms with Crippen LogP contribution in [0.15, 0.2) is 67.1 Å². The van der Waals surface area contributed by atoms with Crippen LogP contribution in [-0.4, -0.2) is 20.4 Å². The number of carbonyl (C=O) groups excluding carboxylic acids is 1. The number of rotatable bonds is 6. The topological polar surface area (TPSA) is 69.0 Å². The van der Waals surface area contributed by atoms with Crippen molar-refractivity contribution in [2.75, 3.05) is 0 Å². The number of carbonyl (C=O) groups is 1. The highest BCUT2D eigenvalue weighted by Crippen LogP contribution is 2.32. The summed E-state index contributed by atoms with van der Waals surface area (Å²) < 4.78 is 58.7. The number of amides is 1. The predicted octanol–water partition coefficient (Wildman–Crippen LogP) is 6.45. The van der Waals surface area contributed by atoms with Crippen LogP contribution in [0.4, 0.5) is 17.6 Å². The van der Waals surface area contributed by atoms with Gasteiger partial charge in [-0.25, -0.2) is 9.37 Å². The molecule has 4 aromatic rings. The molecule has 0 bridgehead atoms. The van der Waals surface area contributed by atoms with E-state index in [9.17, 15) is 22.4 Å². The first-order valence-corrected chi connectivity index (χ1v) is 10.6. The molecule has 35 heavy (non-hydrogen) atoms. The molecule has 0 aliphatic rings. The third kappa shape index (κ3) is 5.72. The van der Waals surface area contributed by atoms with Crippen LogP contribution in [0, 0.1) is 5.82 Å². The molecule has 12 heteroatoms. The summed E-state index contributed by atoms with van der Waals surface area (Å²) in [5, 5.41) is 2.34. The Labute approximate surface area is 206 Å². The van der Waals surface area contributed by atoms with Gasteiger partial charge in [0.2, 0.25) is 0 Å².